The lowest BCUT2D eigenvalue weighted by Gasteiger charge is -2.18. The van der Waals surface area contributed by atoms with Gasteiger partial charge < -0.3 is 4.57 Å². The number of nitrogens with zero attached hydrogens (tertiary/aromatic N) is 1. The van der Waals surface area contributed by atoms with E-state index in [0.29, 0.717) is 0 Å². The van der Waals surface area contributed by atoms with Gasteiger partial charge in [-0.2, -0.15) is 0 Å². The second-order valence-electron chi connectivity index (χ2n) is 19.2. The van der Waals surface area contributed by atoms with Crippen molar-refractivity contribution in [1.82, 2.24) is 4.57 Å². The van der Waals surface area contributed by atoms with Crippen LogP contribution in [0.4, 0.5) is 0 Å². The maximum Gasteiger partial charge on any atom is 0.0541 e. The van der Waals surface area contributed by atoms with E-state index in [1.165, 1.54) is 137 Å². The lowest BCUT2D eigenvalue weighted by molar-refractivity contribution is 1.17. The van der Waals surface area contributed by atoms with E-state index in [2.05, 4.69) is 278 Å². The summed E-state index contributed by atoms with van der Waals surface area (Å²) in [7, 11) is 0. The van der Waals surface area contributed by atoms with Gasteiger partial charge in [0.05, 0.1) is 11.0 Å². The van der Waals surface area contributed by atoms with Crippen LogP contribution in [0.15, 0.2) is 267 Å². The summed E-state index contributed by atoms with van der Waals surface area (Å²) in [6.07, 6.45) is 0. The molecule has 0 amide bonds. The minimum absolute atomic E-state index is 1.15. The van der Waals surface area contributed by atoms with E-state index in [9.17, 15) is 0 Å². The standard InChI is InChI=1S/C71H47N/c1-46-34-38-55(39-35-46)72-66-40-36-51(49-22-16-24-53(42-49)70-60-30-12-8-26-56(60)68(47-18-4-2-5-19-47)57-27-9-13-31-61(57)70)44-64(66)65-45-52(37-41-67(65)72)50-23-17-25-54(43-50)71-62-32-14-10-28-58(62)69(48-20-6-3-7-21-48)59-29-11-15-33-63(59)71/h2-45H,1H3. The van der Waals surface area contributed by atoms with Gasteiger partial charge >= 0.3 is 0 Å². The zero-order valence-corrected chi connectivity index (χ0v) is 39.9. The molecule has 0 saturated carbocycles. The molecule has 14 rings (SSSR count). The Hall–Kier alpha value is -9.30. The third kappa shape index (κ3) is 6.77. The van der Waals surface area contributed by atoms with Gasteiger partial charge in [0.25, 0.3) is 0 Å². The fourth-order valence-electron chi connectivity index (χ4n) is 11.8. The van der Waals surface area contributed by atoms with Crippen molar-refractivity contribution in [2.75, 3.05) is 0 Å². The number of benzene rings is 13. The maximum absolute atomic E-state index is 2.43. The molecule has 0 radical (unpaired) electrons. The average molecular weight is 914 g/mol. The predicted molar refractivity (Wildman–Crippen MR) is 308 cm³/mol. The third-order valence-corrected chi connectivity index (χ3v) is 15.0. The first kappa shape index (κ1) is 41.7. The molecule has 0 spiro atoms. The van der Waals surface area contributed by atoms with Gasteiger partial charge in [-0.1, -0.05) is 224 Å². The van der Waals surface area contributed by atoms with Crippen LogP contribution < -0.4 is 0 Å². The summed E-state index contributed by atoms with van der Waals surface area (Å²) < 4.78 is 2.43. The van der Waals surface area contributed by atoms with Crippen molar-refractivity contribution >= 4 is 64.9 Å². The second-order valence-corrected chi connectivity index (χ2v) is 19.2. The summed E-state index contributed by atoms with van der Waals surface area (Å²) in [5, 5.41) is 12.5. The first-order valence-corrected chi connectivity index (χ1v) is 25.0. The molecule has 1 heterocycles. The highest BCUT2D eigenvalue weighted by Gasteiger charge is 2.20. The van der Waals surface area contributed by atoms with Crippen LogP contribution in [0.1, 0.15) is 5.56 Å². The Kier molecular flexibility index (Phi) is 9.82. The molecule has 0 unspecified atom stereocenters. The minimum Gasteiger partial charge on any atom is -0.309 e. The molecule has 13 aromatic carbocycles. The summed E-state index contributed by atoms with van der Waals surface area (Å²) in [5.74, 6) is 0. The number of fused-ring (bicyclic) bond motifs is 7. The molecule has 336 valence electrons. The molecule has 0 aliphatic heterocycles. The predicted octanol–water partition coefficient (Wildman–Crippen LogP) is 19.7. The second kappa shape index (κ2) is 17.0. The maximum atomic E-state index is 2.43. The highest BCUT2D eigenvalue weighted by molar-refractivity contribution is 6.23. The van der Waals surface area contributed by atoms with Gasteiger partial charge in [0.15, 0.2) is 0 Å². The molecular formula is C71H47N. The van der Waals surface area contributed by atoms with Gasteiger partial charge in [-0.05, 0) is 165 Å². The van der Waals surface area contributed by atoms with Crippen LogP contribution in [0.25, 0.3) is 137 Å². The van der Waals surface area contributed by atoms with Crippen LogP contribution in [0.2, 0.25) is 0 Å². The van der Waals surface area contributed by atoms with Crippen LogP contribution in [-0.4, -0.2) is 4.57 Å². The van der Waals surface area contributed by atoms with E-state index in [0.717, 1.165) is 5.69 Å². The van der Waals surface area contributed by atoms with E-state index in [1.54, 1.807) is 0 Å². The quantitative estimate of drug-likeness (QED) is 0.140. The van der Waals surface area contributed by atoms with Gasteiger partial charge in [-0.15, -0.1) is 0 Å². The highest BCUT2D eigenvalue weighted by Crippen LogP contribution is 2.47. The summed E-state index contributed by atoms with van der Waals surface area (Å²) in [5.41, 5.74) is 19.5. The lowest BCUT2D eigenvalue weighted by Crippen LogP contribution is -1.94. The molecule has 1 aromatic heterocycles. The van der Waals surface area contributed by atoms with Crippen LogP contribution >= 0.6 is 0 Å². The zero-order valence-electron chi connectivity index (χ0n) is 39.9. The summed E-state index contributed by atoms with van der Waals surface area (Å²) in [4.78, 5) is 0. The zero-order chi connectivity index (χ0) is 47.7. The van der Waals surface area contributed by atoms with Gasteiger partial charge in [-0.3, -0.25) is 0 Å². The van der Waals surface area contributed by atoms with Crippen molar-refractivity contribution in [3.8, 4) is 72.4 Å². The van der Waals surface area contributed by atoms with Crippen molar-refractivity contribution in [3.63, 3.8) is 0 Å². The minimum atomic E-state index is 1.15. The topological polar surface area (TPSA) is 4.93 Å². The Morgan fingerprint density at radius 1 is 0.208 bits per heavy atom. The third-order valence-electron chi connectivity index (χ3n) is 15.0. The summed E-state index contributed by atoms with van der Waals surface area (Å²) in [6.45, 7) is 2.16. The SMILES string of the molecule is Cc1ccc(-n2c3ccc(-c4cccc(-c5c6ccccc6c(-c6ccccc6)c6ccccc56)c4)cc3c3cc(-c4cccc(-c5c6ccccc6c(-c6ccccc6)c6ccccc56)c4)ccc32)cc1. The molecular weight excluding hydrogens is 867 g/mol. The summed E-state index contributed by atoms with van der Waals surface area (Å²) >= 11 is 0. The number of rotatable bonds is 7. The fourth-order valence-corrected chi connectivity index (χ4v) is 11.8. The number of aromatic nitrogens is 1. The van der Waals surface area contributed by atoms with Crippen molar-refractivity contribution in [3.05, 3.63) is 272 Å². The van der Waals surface area contributed by atoms with Gasteiger partial charge in [0.1, 0.15) is 0 Å². The first-order valence-electron chi connectivity index (χ1n) is 25.0. The van der Waals surface area contributed by atoms with Crippen LogP contribution in [-0.2, 0) is 0 Å². The van der Waals surface area contributed by atoms with Gasteiger partial charge in [0, 0.05) is 16.5 Å². The Morgan fingerprint density at radius 3 is 0.861 bits per heavy atom. The van der Waals surface area contributed by atoms with Crippen molar-refractivity contribution in [2.24, 2.45) is 0 Å². The Morgan fingerprint density at radius 2 is 0.500 bits per heavy atom. The van der Waals surface area contributed by atoms with E-state index in [-0.39, 0.29) is 0 Å². The number of hydrogen-bond acceptors (Lipinski definition) is 0. The molecule has 0 aliphatic carbocycles. The van der Waals surface area contributed by atoms with E-state index in [1.807, 2.05) is 0 Å². The van der Waals surface area contributed by atoms with E-state index in [4.69, 9.17) is 0 Å². The van der Waals surface area contributed by atoms with Crippen molar-refractivity contribution < 1.29 is 0 Å². The first-order chi connectivity index (χ1) is 35.6. The average Bonchev–Trinajstić information content (AvgIpc) is 3.77. The Bertz CT molecular complexity index is 4050. The normalized spacial score (nSPS) is 11.7. The van der Waals surface area contributed by atoms with E-state index >= 15 is 0 Å². The van der Waals surface area contributed by atoms with Gasteiger partial charge in [0.2, 0.25) is 0 Å². The molecule has 0 N–H and O–H groups in total. The number of hydrogen-bond donors (Lipinski definition) is 0. The Labute approximate surface area is 419 Å². The van der Waals surface area contributed by atoms with Crippen LogP contribution in [0.5, 0.6) is 0 Å². The molecule has 1 heteroatoms. The van der Waals surface area contributed by atoms with Crippen molar-refractivity contribution in [1.29, 1.82) is 0 Å². The Balaban J connectivity index is 0.936. The largest absolute Gasteiger partial charge is 0.309 e. The smallest absolute Gasteiger partial charge is 0.0541 e. The van der Waals surface area contributed by atoms with Crippen molar-refractivity contribution in [2.45, 2.75) is 6.92 Å². The molecule has 0 fully saturated rings. The van der Waals surface area contributed by atoms with E-state index < -0.39 is 0 Å². The van der Waals surface area contributed by atoms with Gasteiger partial charge in [-0.25, -0.2) is 0 Å². The summed E-state index contributed by atoms with van der Waals surface area (Å²) in [6, 6.07) is 98.7. The van der Waals surface area contributed by atoms with Crippen LogP contribution in [0.3, 0.4) is 0 Å². The molecule has 72 heavy (non-hydrogen) atoms. The molecule has 0 atom stereocenters. The monoisotopic (exact) mass is 913 g/mol. The molecule has 14 aromatic rings. The molecule has 0 bridgehead atoms. The molecule has 0 aliphatic rings. The molecule has 0 saturated heterocycles. The van der Waals surface area contributed by atoms with Crippen LogP contribution in [0, 0.1) is 6.92 Å². The molecule has 1 nitrogen and oxygen atoms in total. The lowest BCUT2D eigenvalue weighted by atomic mass is 9.85. The number of aryl methyl sites for hydroxylation is 1. The fraction of sp³-hybridized carbons (Fsp3) is 0.0141. The highest BCUT2D eigenvalue weighted by atomic mass is 15.0.